The molecule has 2 rings (SSSR count). The summed E-state index contributed by atoms with van der Waals surface area (Å²) in [6.45, 7) is 0. The van der Waals surface area contributed by atoms with Gasteiger partial charge in [-0.05, 0) is 28.1 Å². The standard InChI is InChI=1S/C10H10BrFN4O2S/c1-16-5-6(4-14-16)15-19(17,18)10-3-9(13)8(12)2-7(10)11/h2-5,15H,13H2,1H3. The summed E-state index contributed by atoms with van der Waals surface area (Å²) in [5.74, 6) is -0.688. The van der Waals surface area contributed by atoms with Gasteiger partial charge in [0, 0.05) is 17.7 Å². The Kier molecular flexibility index (Phi) is 3.50. The molecule has 0 saturated heterocycles. The van der Waals surface area contributed by atoms with Crippen molar-refractivity contribution in [2.75, 3.05) is 10.5 Å². The third-order valence-corrected chi connectivity index (χ3v) is 4.64. The van der Waals surface area contributed by atoms with Crippen LogP contribution in [0.5, 0.6) is 0 Å². The van der Waals surface area contributed by atoms with Crippen LogP contribution in [0.3, 0.4) is 0 Å². The molecular weight excluding hydrogens is 339 g/mol. The first kappa shape index (κ1) is 13.8. The number of hydrogen-bond acceptors (Lipinski definition) is 4. The van der Waals surface area contributed by atoms with Gasteiger partial charge in [-0.1, -0.05) is 0 Å². The van der Waals surface area contributed by atoms with Crippen molar-refractivity contribution in [3.63, 3.8) is 0 Å². The van der Waals surface area contributed by atoms with Gasteiger partial charge in [0.25, 0.3) is 10.0 Å². The average molecular weight is 349 g/mol. The van der Waals surface area contributed by atoms with E-state index in [1.807, 2.05) is 0 Å². The molecular formula is C10H10BrFN4O2S. The normalized spacial score (nSPS) is 11.5. The van der Waals surface area contributed by atoms with E-state index in [0.717, 1.165) is 12.1 Å². The molecule has 3 N–H and O–H groups in total. The van der Waals surface area contributed by atoms with Crippen LogP contribution in [-0.4, -0.2) is 18.2 Å². The third kappa shape index (κ3) is 2.87. The first-order valence-electron chi connectivity index (χ1n) is 5.05. The molecule has 0 aliphatic carbocycles. The van der Waals surface area contributed by atoms with Crippen molar-refractivity contribution in [3.05, 3.63) is 34.8 Å². The highest BCUT2D eigenvalue weighted by molar-refractivity contribution is 9.10. The van der Waals surface area contributed by atoms with Crippen LogP contribution in [0.2, 0.25) is 0 Å². The minimum Gasteiger partial charge on any atom is -0.396 e. The summed E-state index contributed by atoms with van der Waals surface area (Å²) in [6.07, 6.45) is 2.86. The van der Waals surface area contributed by atoms with Crippen molar-refractivity contribution < 1.29 is 12.8 Å². The number of halogens is 2. The first-order chi connectivity index (χ1) is 8.79. The van der Waals surface area contributed by atoms with Crippen molar-refractivity contribution in [1.29, 1.82) is 0 Å². The number of anilines is 2. The number of aryl methyl sites for hydroxylation is 1. The Morgan fingerprint density at radius 2 is 2.16 bits per heavy atom. The second kappa shape index (κ2) is 4.82. The number of nitrogens with one attached hydrogen (secondary N) is 1. The van der Waals surface area contributed by atoms with E-state index in [4.69, 9.17) is 5.73 Å². The molecule has 9 heteroatoms. The average Bonchev–Trinajstić information content (AvgIpc) is 2.68. The molecule has 0 fully saturated rings. The fourth-order valence-electron chi connectivity index (χ4n) is 1.43. The van der Waals surface area contributed by atoms with Crippen LogP contribution in [0.1, 0.15) is 0 Å². The number of nitrogens with two attached hydrogens (primary N) is 1. The van der Waals surface area contributed by atoms with Crippen LogP contribution in [-0.2, 0) is 17.1 Å². The Morgan fingerprint density at radius 3 is 2.74 bits per heavy atom. The first-order valence-corrected chi connectivity index (χ1v) is 7.33. The minimum atomic E-state index is -3.87. The van der Waals surface area contributed by atoms with Crippen molar-refractivity contribution in [3.8, 4) is 0 Å². The maximum absolute atomic E-state index is 13.2. The van der Waals surface area contributed by atoms with E-state index in [1.54, 1.807) is 7.05 Å². The summed E-state index contributed by atoms with van der Waals surface area (Å²) in [6, 6.07) is 2.06. The van der Waals surface area contributed by atoms with E-state index >= 15 is 0 Å². The van der Waals surface area contributed by atoms with Gasteiger partial charge in [0.05, 0.1) is 17.6 Å². The van der Waals surface area contributed by atoms with Crippen molar-refractivity contribution >= 4 is 37.3 Å². The summed E-state index contributed by atoms with van der Waals surface area (Å²) in [7, 11) is -2.21. The number of rotatable bonds is 3. The topological polar surface area (TPSA) is 90.0 Å². The maximum atomic E-state index is 13.2. The molecule has 1 aromatic carbocycles. The highest BCUT2D eigenvalue weighted by Gasteiger charge is 2.20. The molecule has 0 bridgehead atoms. The van der Waals surface area contributed by atoms with Gasteiger partial charge in [0.1, 0.15) is 10.7 Å². The summed E-state index contributed by atoms with van der Waals surface area (Å²) in [5.41, 5.74) is 5.44. The number of sulfonamides is 1. The molecule has 2 aromatic rings. The number of nitrogen functional groups attached to an aromatic ring is 1. The Hall–Kier alpha value is -1.61. The van der Waals surface area contributed by atoms with E-state index in [2.05, 4.69) is 25.8 Å². The summed E-state index contributed by atoms with van der Waals surface area (Å²) < 4.78 is 41.3. The van der Waals surface area contributed by atoms with Crippen LogP contribution in [0.4, 0.5) is 15.8 Å². The Balaban J connectivity index is 2.42. The van der Waals surface area contributed by atoms with Crippen molar-refractivity contribution in [2.45, 2.75) is 4.90 Å². The third-order valence-electron chi connectivity index (χ3n) is 2.30. The minimum absolute atomic E-state index is 0.0931. The lowest BCUT2D eigenvalue weighted by Gasteiger charge is -2.09. The number of nitrogens with zero attached hydrogens (tertiary/aromatic N) is 2. The maximum Gasteiger partial charge on any atom is 0.263 e. The van der Waals surface area contributed by atoms with E-state index in [-0.39, 0.29) is 15.1 Å². The molecule has 0 atom stereocenters. The van der Waals surface area contributed by atoms with E-state index in [9.17, 15) is 12.8 Å². The number of aromatic nitrogens is 2. The van der Waals surface area contributed by atoms with Gasteiger partial charge >= 0.3 is 0 Å². The summed E-state index contributed by atoms with van der Waals surface area (Å²) in [4.78, 5) is -0.143. The van der Waals surface area contributed by atoms with E-state index < -0.39 is 15.8 Å². The van der Waals surface area contributed by atoms with Gasteiger partial charge < -0.3 is 5.73 Å². The molecule has 19 heavy (non-hydrogen) atoms. The predicted octanol–water partition coefficient (Wildman–Crippen LogP) is 1.70. The van der Waals surface area contributed by atoms with Crippen LogP contribution in [0, 0.1) is 5.82 Å². The molecule has 6 nitrogen and oxygen atoms in total. The van der Waals surface area contributed by atoms with Gasteiger partial charge in [0.15, 0.2) is 0 Å². The lowest BCUT2D eigenvalue weighted by Crippen LogP contribution is -2.14. The second-order valence-corrected chi connectivity index (χ2v) is 6.32. The lowest BCUT2D eigenvalue weighted by atomic mass is 10.3. The predicted molar refractivity (Wildman–Crippen MR) is 72.5 cm³/mol. The highest BCUT2D eigenvalue weighted by atomic mass is 79.9. The Morgan fingerprint density at radius 1 is 1.47 bits per heavy atom. The molecule has 102 valence electrons. The monoisotopic (exact) mass is 348 g/mol. The zero-order valence-corrected chi connectivity index (χ0v) is 12.2. The summed E-state index contributed by atoms with van der Waals surface area (Å²) in [5, 5.41) is 3.84. The molecule has 0 aliphatic rings. The fraction of sp³-hybridized carbons (Fsp3) is 0.100. The van der Waals surface area contributed by atoms with Gasteiger partial charge in [-0.3, -0.25) is 9.40 Å². The molecule has 0 aliphatic heterocycles. The van der Waals surface area contributed by atoms with Crippen LogP contribution in [0.15, 0.2) is 33.9 Å². The van der Waals surface area contributed by atoms with Gasteiger partial charge in [-0.2, -0.15) is 5.10 Å². The van der Waals surface area contributed by atoms with Crippen LogP contribution < -0.4 is 10.5 Å². The SMILES string of the molecule is Cn1cc(NS(=O)(=O)c2cc(N)c(F)cc2Br)cn1. The van der Waals surface area contributed by atoms with Gasteiger partial charge in [-0.15, -0.1) is 0 Å². The molecule has 1 aromatic heterocycles. The van der Waals surface area contributed by atoms with Crippen molar-refractivity contribution in [2.24, 2.45) is 7.05 Å². The van der Waals surface area contributed by atoms with Crippen LogP contribution in [0.25, 0.3) is 0 Å². The lowest BCUT2D eigenvalue weighted by molar-refractivity contribution is 0.599. The van der Waals surface area contributed by atoms with Crippen LogP contribution >= 0.6 is 15.9 Å². The molecule has 0 radical (unpaired) electrons. The zero-order valence-electron chi connectivity index (χ0n) is 9.76. The Labute approximate surface area is 117 Å². The molecule has 1 heterocycles. The second-order valence-electron chi connectivity index (χ2n) is 3.81. The van der Waals surface area contributed by atoms with E-state index in [1.165, 1.54) is 17.1 Å². The quantitative estimate of drug-likeness (QED) is 0.826. The van der Waals surface area contributed by atoms with Gasteiger partial charge in [-0.25, -0.2) is 12.8 Å². The fourth-order valence-corrected chi connectivity index (χ4v) is 3.51. The zero-order chi connectivity index (χ0) is 14.2. The summed E-state index contributed by atoms with van der Waals surface area (Å²) >= 11 is 3.00. The molecule has 0 amide bonds. The highest BCUT2D eigenvalue weighted by Crippen LogP contribution is 2.28. The number of benzene rings is 1. The molecule has 0 saturated carbocycles. The molecule has 0 spiro atoms. The number of hydrogen-bond donors (Lipinski definition) is 2. The van der Waals surface area contributed by atoms with Crippen molar-refractivity contribution in [1.82, 2.24) is 9.78 Å². The van der Waals surface area contributed by atoms with E-state index in [0.29, 0.717) is 5.69 Å². The largest absolute Gasteiger partial charge is 0.396 e. The molecule has 0 unspecified atom stereocenters. The smallest absolute Gasteiger partial charge is 0.263 e. The Bertz CT molecular complexity index is 729. The van der Waals surface area contributed by atoms with Gasteiger partial charge in [0.2, 0.25) is 0 Å².